The lowest BCUT2D eigenvalue weighted by Gasteiger charge is -2.35. The minimum atomic E-state index is -1.03. The van der Waals surface area contributed by atoms with Gasteiger partial charge in [0.05, 0.1) is 5.69 Å². The van der Waals surface area contributed by atoms with Crippen LogP contribution < -0.4 is 4.90 Å². The summed E-state index contributed by atoms with van der Waals surface area (Å²) in [6, 6.07) is 6.25. The van der Waals surface area contributed by atoms with Gasteiger partial charge in [0.2, 0.25) is 5.69 Å². The second-order valence-corrected chi connectivity index (χ2v) is 6.49. The molecule has 1 aliphatic rings. The number of hydrogen-bond donors (Lipinski definition) is 1. The fourth-order valence-corrected chi connectivity index (χ4v) is 3.30. The molecule has 2 aromatic rings. The predicted octanol–water partition coefficient (Wildman–Crippen LogP) is 3.35. The highest BCUT2D eigenvalue weighted by Crippen LogP contribution is 2.28. The van der Waals surface area contributed by atoms with E-state index in [4.69, 9.17) is 0 Å². The van der Waals surface area contributed by atoms with Crippen LogP contribution in [0.15, 0.2) is 18.2 Å². The number of rotatable bonds is 4. The molecule has 0 bridgehead atoms. The summed E-state index contributed by atoms with van der Waals surface area (Å²) in [6.07, 6.45) is 4.30. The number of aromatic nitrogens is 3. The average molecular weight is 328 g/mol. The normalized spacial score (nSPS) is 18.0. The third kappa shape index (κ3) is 3.00. The molecule has 0 saturated carbocycles. The number of benzene rings is 1. The Balaban J connectivity index is 2.04. The number of nitrogens with zero attached hydrogens (tertiary/aromatic N) is 4. The smallest absolute Gasteiger partial charge is 0.360 e. The molecule has 1 N–H and O–H groups in total. The zero-order chi connectivity index (χ0) is 17.3. The summed E-state index contributed by atoms with van der Waals surface area (Å²) in [5.41, 5.74) is 3.14. The lowest BCUT2D eigenvalue weighted by atomic mass is 10.00. The Morgan fingerprint density at radius 3 is 2.71 bits per heavy atom. The molecule has 0 aliphatic carbocycles. The van der Waals surface area contributed by atoms with Crippen molar-refractivity contribution in [1.29, 1.82) is 0 Å². The van der Waals surface area contributed by atoms with Crippen LogP contribution in [0, 0.1) is 13.8 Å². The van der Waals surface area contributed by atoms with Crippen molar-refractivity contribution in [3.8, 4) is 5.69 Å². The number of piperidine rings is 1. The SMILES string of the molecule is CC[C@H]1CCCCN1c1nn(-c2ccc(C)c(C)c2)nc1C(=O)O. The standard InChI is InChI=1S/C18H24N4O2/c1-4-14-7-5-6-10-21(14)17-16(18(23)24)19-22(20-17)15-9-8-12(2)13(3)11-15/h8-9,11,14H,4-7,10H2,1-3H3,(H,23,24)/t14-/m0/s1. The molecule has 0 unspecified atom stereocenters. The number of carboxylic acid groups (broad SMARTS) is 1. The second kappa shape index (κ2) is 6.63. The molecule has 24 heavy (non-hydrogen) atoms. The number of aromatic carboxylic acids is 1. The van der Waals surface area contributed by atoms with Gasteiger partial charge >= 0.3 is 5.97 Å². The molecule has 1 aromatic carbocycles. The summed E-state index contributed by atoms with van der Waals surface area (Å²) >= 11 is 0. The largest absolute Gasteiger partial charge is 0.476 e. The van der Waals surface area contributed by atoms with E-state index in [-0.39, 0.29) is 5.69 Å². The number of carboxylic acids is 1. The maximum Gasteiger partial charge on any atom is 0.360 e. The minimum Gasteiger partial charge on any atom is -0.476 e. The molecule has 0 radical (unpaired) electrons. The van der Waals surface area contributed by atoms with Gasteiger partial charge in [0.25, 0.3) is 0 Å². The van der Waals surface area contributed by atoms with Crippen molar-refractivity contribution >= 4 is 11.8 Å². The first-order valence-corrected chi connectivity index (χ1v) is 8.56. The molecule has 6 heteroatoms. The van der Waals surface area contributed by atoms with Gasteiger partial charge in [0.1, 0.15) is 0 Å². The van der Waals surface area contributed by atoms with Gasteiger partial charge in [-0.1, -0.05) is 13.0 Å². The summed E-state index contributed by atoms with van der Waals surface area (Å²) in [6.45, 7) is 7.05. The van der Waals surface area contributed by atoms with E-state index in [0.29, 0.717) is 11.9 Å². The molecular formula is C18H24N4O2. The Hall–Kier alpha value is -2.37. The van der Waals surface area contributed by atoms with Gasteiger partial charge in [-0.05, 0) is 62.8 Å². The summed E-state index contributed by atoms with van der Waals surface area (Å²) in [7, 11) is 0. The third-order valence-electron chi connectivity index (χ3n) is 4.89. The lowest BCUT2D eigenvalue weighted by molar-refractivity contribution is 0.0690. The van der Waals surface area contributed by atoms with Crippen molar-refractivity contribution in [1.82, 2.24) is 15.0 Å². The van der Waals surface area contributed by atoms with Crippen LogP contribution in [-0.4, -0.2) is 38.7 Å². The van der Waals surface area contributed by atoms with Gasteiger partial charge in [0, 0.05) is 12.6 Å². The highest BCUT2D eigenvalue weighted by atomic mass is 16.4. The van der Waals surface area contributed by atoms with Crippen LogP contribution in [0.3, 0.4) is 0 Å². The molecule has 6 nitrogen and oxygen atoms in total. The van der Waals surface area contributed by atoms with Crippen LogP contribution in [0.25, 0.3) is 5.69 Å². The summed E-state index contributed by atoms with van der Waals surface area (Å²) < 4.78 is 0. The van der Waals surface area contributed by atoms with Crippen LogP contribution in [0.2, 0.25) is 0 Å². The van der Waals surface area contributed by atoms with E-state index < -0.39 is 5.97 Å². The topological polar surface area (TPSA) is 71.2 Å². The maximum atomic E-state index is 11.7. The molecule has 1 aromatic heterocycles. The second-order valence-electron chi connectivity index (χ2n) is 6.49. The molecule has 3 rings (SSSR count). The summed E-state index contributed by atoms with van der Waals surface area (Å²) in [4.78, 5) is 15.3. The average Bonchev–Trinajstić information content (AvgIpc) is 3.02. The highest BCUT2D eigenvalue weighted by Gasteiger charge is 2.29. The van der Waals surface area contributed by atoms with E-state index in [1.54, 1.807) is 0 Å². The molecule has 1 fully saturated rings. The quantitative estimate of drug-likeness (QED) is 0.932. The monoisotopic (exact) mass is 328 g/mol. The summed E-state index contributed by atoms with van der Waals surface area (Å²) in [5, 5.41) is 18.4. The third-order valence-corrected chi connectivity index (χ3v) is 4.89. The Kier molecular flexibility index (Phi) is 4.55. The minimum absolute atomic E-state index is 0.0357. The van der Waals surface area contributed by atoms with Crippen molar-refractivity contribution in [3.63, 3.8) is 0 Å². The molecule has 1 saturated heterocycles. The van der Waals surface area contributed by atoms with E-state index in [2.05, 4.69) is 22.0 Å². The molecule has 0 amide bonds. The number of anilines is 1. The fourth-order valence-electron chi connectivity index (χ4n) is 3.30. The van der Waals surface area contributed by atoms with Gasteiger partial charge in [-0.25, -0.2) is 4.79 Å². The van der Waals surface area contributed by atoms with E-state index in [0.717, 1.165) is 37.1 Å². The molecule has 1 aliphatic heterocycles. The zero-order valence-corrected chi connectivity index (χ0v) is 14.5. The maximum absolute atomic E-state index is 11.7. The van der Waals surface area contributed by atoms with E-state index >= 15 is 0 Å². The first kappa shape index (κ1) is 16.5. The Morgan fingerprint density at radius 2 is 2.04 bits per heavy atom. The summed E-state index contributed by atoms with van der Waals surface area (Å²) in [5.74, 6) is -0.534. The van der Waals surface area contributed by atoms with Crippen molar-refractivity contribution < 1.29 is 9.90 Å². The van der Waals surface area contributed by atoms with Crippen LogP contribution >= 0.6 is 0 Å². The highest BCUT2D eigenvalue weighted by molar-refractivity contribution is 5.91. The molecule has 2 heterocycles. The fraction of sp³-hybridized carbons (Fsp3) is 0.500. The number of aryl methyl sites for hydroxylation is 2. The van der Waals surface area contributed by atoms with Crippen LogP contribution in [-0.2, 0) is 0 Å². The Morgan fingerprint density at radius 1 is 1.25 bits per heavy atom. The van der Waals surface area contributed by atoms with Crippen LogP contribution in [0.1, 0.15) is 54.2 Å². The van der Waals surface area contributed by atoms with Gasteiger partial charge < -0.3 is 10.0 Å². The molecule has 0 spiro atoms. The van der Waals surface area contributed by atoms with E-state index in [9.17, 15) is 9.90 Å². The van der Waals surface area contributed by atoms with Gasteiger partial charge in [-0.15, -0.1) is 15.0 Å². The van der Waals surface area contributed by atoms with Crippen molar-refractivity contribution in [2.75, 3.05) is 11.4 Å². The Bertz CT molecular complexity index is 753. The zero-order valence-electron chi connectivity index (χ0n) is 14.5. The predicted molar refractivity (Wildman–Crippen MR) is 93.1 cm³/mol. The van der Waals surface area contributed by atoms with Gasteiger partial charge in [0.15, 0.2) is 5.82 Å². The number of carbonyl (C=O) groups is 1. The lowest BCUT2D eigenvalue weighted by Crippen LogP contribution is -2.40. The van der Waals surface area contributed by atoms with Crippen molar-refractivity contribution in [2.24, 2.45) is 0 Å². The van der Waals surface area contributed by atoms with E-state index in [1.165, 1.54) is 16.8 Å². The molecule has 128 valence electrons. The van der Waals surface area contributed by atoms with E-state index in [1.807, 2.05) is 32.0 Å². The van der Waals surface area contributed by atoms with Crippen molar-refractivity contribution in [3.05, 3.63) is 35.0 Å². The van der Waals surface area contributed by atoms with Crippen molar-refractivity contribution in [2.45, 2.75) is 52.5 Å². The first-order valence-electron chi connectivity index (χ1n) is 8.56. The van der Waals surface area contributed by atoms with Gasteiger partial charge in [-0.2, -0.15) is 0 Å². The first-order chi connectivity index (χ1) is 11.5. The number of hydrogen-bond acceptors (Lipinski definition) is 4. The Labute approximate surface area is 142 Å². The molecule has 1 atom stereocenters. The van der Waals surface area contributed by atoms with Gasteiger partial charge in [-0.3, -0.25) is 0 Å². The molecular weight excluding hydrogens is 304 g/mol. The van der Waals surface area contributed by atoms with Crippen LogP contribution in [0.4, 0.5) is 5.82 Å². The van der Waals surface area contributed by atoms with Crippen LogP contribution in [0.5, 0.6) is 0 Å².